The summed E-state index contributed by atoms with van der Waals surface area (Å²) in [6.07, 6.45) is 2.66. The van der Waals surface area contributed by atoms with Crippen LogP contribution < -0.4 is 10.6 Å². The van der Waals surface area contributed by atoms with Crippen molar-refractivity contribution in [3.05, 3.63) is 0 Å². The van der Waals surface area contributed by atoms with E-state index in [1.165, 1.54) is 19.4 Å². The van der Waals surface area contributed by atoms with E-state index in [1.54, 1.807) is 0 Å². The van der Waals surface area contributed by atoms with Gasteiger partial charge in [0.2, 0.25) is 0 Å². The molecule has 0 aromatic heterocycles. The topological polar surface area (TPSA) is 24.1 Å². The molecule has 1 aliphatic heterocycles. The van der Waals surface area contributed by atoms with E-state index in [9.17, 15) is 0 Å². The summed E-state index contributed by atoms with van der Waals surface area (Å²) in [6, 6.07) is 0.822. The van der Waals surface area contributed by atoms with Crippen LogP contribution in [0.2, 0.25) is 0 Å². The molecule has 3 heteroatoms. The summed E-state index contributed by atoms with van der Waals surface area (Å²) in [5.41, 5.74) is 0. The molecule has 0 aromatic rings. The molecule has 1 saturated heterocycles. The van der Waals surface area contributed by atoms with Gasteiger partial charge in [-0.15, -0.1) is 12.4 Å². The van der Waals surface area contributed by atoms with Gasteiger partial charge < -0.3 is 10.6 Å². The fourth-order valence-corrected chi connectivity index (χ4v) is 0.913. The zero-order valence-electron chi connectivity index (χ0n) is 5.81. The average Bonchev–Trinajstić information content (AvgIpc) is 1.63. The SMILES string of the molecule is CNCC[C@H]1CCN1.Cl. The average molecular weight is 151 g/mol. The molecule has 1 atom stereocenters. The molecule has 2 nitrogen and oxygen atoms in total. The molecule has 0 unspecified atom stereocenters. The first-order valence-corrected chi connectivity index (χ1v) is 3.31. The number of hydrogen-bond donors (Lipinski definition) is 2. The molecule has 0 saturated carbocycles. The lowest BCUT2D eigenvalue weighted by Crippen LogP contribution is -2.44. The lowest BCUT2D eigenvalue weighted by Gasteiger charge is -2.27. The molecule has 1 rings (SSSR count). The van der Waals surface area contributed by atoms with E-state index in [-0.39, 0.29) is 12.4 Å². The molecular formula is C6H15ClN2. The Morgan fingerprint density at radius 1 is 1.67 bits per heavy atom. The Morgan fingerprint density at radius 2 is 2.33 bits per heavy atom. The highest BCUT2D eigenvalue weighted by molar-refractivity contribution is 5.85. The minimum Gasteiger partial charge on any atom is -0.320 e. The van der Waals surface area contributed by atoms with Crippen LogP contribution in [0.1, 0.15) is 12.8 Å². The van der Waals surface area contributed by atoms with Gasteiger partial charge in [-0.2, -0.15) is 0 Å². The number of halogens is 1. The van der Waals surface area contributed by atoms with Crippen LogP contribution in [0.3, 0.4) is 0 Å². The molecule has 2 N–H and O–H groups in total. The van der Waals surface area contributed by atoms with Crippen LogP contribution in [0, 0.1) is 0 Å². The summed E-state index contributed by atoms with van der Waals surface area (Å²) >= 11 is 0. The van der Waals surface area contributed by atoms with Gasteiger partial charge in [0.05, 0.1) is 0 Å². The molecular weight excluding hydrogens is 136 g/mol. The van der Waals surface area contributed by atoms with Crippen LogP contribution in [0.5, 0.6) is 0 Å². The summed E-state index contributed by atoms with van der Waals surface area (Å²) in [5.74, 6) is 0. The van der Waals surface area contributed by atoms with Crippen molar-refractivity contribution in [2.24, 2.45) is 0 Å². The second-order valence-electron chi connectivity index (χ2n) is 2.33. The summed E-state index contributed by atoms with van der Waals surface area (Å²) < 4.78 is 0. The monoisotopic (exact) mass is 150 g/mol. The lowest BCUT2D eigenvalue weighted by molar-refractivity contribution is 0.348. The van der Waals surface area contributed by atoms with E-state index in [2.05, 4.69) is 10.6 Å². The van der Waals surface area contributed by atoms with E-state index in [0.29, 0.717) is 0 Å². The van der Waals surface area contributed by atoms with E-state index in [4.69, 9.17) is 0 Å². The van der Waals surface area contributed by atoms with Crippen LogP contribution in [0.15, 0.2) is 0 Å². The van der Waals surface area contributed by atoms with Crippen LogP contribution in [0.25, 0.3) is 0 Å². The second-order valence-corrected chi connectivity index (χ2v) is 2.33. The number of nitrogens with one attached hydrogen (secondary N) is 2. The van der Waals surface area contributed by atoms with Gasteiger partial charge >= 0.3 is 0 Å². The largest absolute Gasteiger partial charge is 0.320 e. The van der Waals surface area contributed by atoms with E-state index in [0.717, 1.165) is 12.6 Å². The van der Waals surface area contributed by atoms with Gasteiger partial charge in [0, 0.05) is 6.04 Å². The maximum atomic E-state index is 3.34. The third-order valence-electron chi connectivity index (χ3n) is 1.67. The Balaban J connectivity index is 0.000000640. The molecule has 0 aliphatic carbocycles. The van der Waals surface area contributed by atoms with Gasteiger partial charge in [0.15, 0.2) is 0 Å². The maximum absolute atomic E-state index is 3.34. The number of rotatable bonds is 3. The zero-order valence-corrected chi connectivity index (χ0v) is 6.63. The zero-order chi connectivity index (χ0) is 5.82. The van der Waals surface area contributed by atoms with E-state index >= 15 is 0 Å². The predicted molar refractivity (Wildman–Crippen MR) is 42.2 cm³/mol. The molecule has 1 fully saturated rings. The highest BCUT2D eigenvalue weighted by Crippen LogP contribution is 2.04. The van der Waals surface area contributed by atoms with E-state index < -0.39 is 0 Å². The van der Waals surface area contributed by atoms with Crippen LogP contribution >= 0.6 is 12.4 Å². The lowest BCUT2D eigenvalue weighted by atomic mass is 10.0. The van der Waals surface area contributed by atoms with Crippen molar-refractivity contribution in [3.8, 4) is 0 Å². The van der Waals surface area contributed by atoms with Crippen molar-refractivity contribution >= 4 is 12.4 Å². The van der Waals surface area contributed by atoms with Crippen LogP contribution in [0.4, 0.5) is 0 Å². The van der Waals surface area contributed by atoms with Gasteiger partial charge in [0.1, 0.15) is 0 Å². The first kappa shape index (κ1) is 9.21. The Morgan fingerprint density at radius 3 is 2.67 bits per heavy atom. The summed E-state index contributed by atoms with van der Waals surface area (Å²) in [6.45, 7) is 2.38. The highest BCUT2D eigenvalue weighted by atomic mass is 35.5. The first-order valence-electron chi connectivity index (χ1n) is 3.31. The molecule has 56 valence electrons. The highest BCUT2D eigenvalue weighted by Gasteiger charge is 2.14. The fourth-order valence-electron chi connectivity index (χ4n) is 0.913. The van der Waals surface area contributed by atoms with Gasteiger partial charge in [-0.05, 0) is 33.0 Å². The van der Waals surface area contributed by atoms with Gasteiger partial charge in [0.25, 0.3) is 0 Å². The van der Waals surface area contributed by atoms with Crippen molar-refractivity contribution < 1.29 is 0 Å². The van der Waals surface area contributed by atoms with E-state index in [1.807, 2.05) is 7.05 Å². The van der Waals surface area contributed by atoms with Crippen molar-refractivity contribution in [2.45, 2.75) is 18.9 Å². The molecule has 9 heavy (non-hydrogen) atoms. The molecule has 1 aliphatic rings. The Hall–Kier alpha value is 0.210. The summed E-state index contributed by atoms with van der Waals surface area (Å²) in [7, 11) is 2.00. The normalized spacial score (nSPS) is 24.3. The van der Waals surface area contributed by atoms with Crippen molar-refractivity contribution in [2.75, 3.05) is 20.1 Å². The molecule has 0 aromatic carbocycles. The number of hydrogen-bond acceptors (Lipinski definition) is 2. The van der Waals surface area contributed by atoms with Gasteiger partial charge in [-0.25, -0.2) is 0 Å². The summed E-state index contributed by atoms with van der Waals surface area (Å²) in [5, 5.41) is 6.47. The quantitative estimate of drug-likeness (QED) is 0.608. The smallest absolute Gasteiger partial charge is 0.00912 e. The minimum atomic E-state index is 0. The summed E-state index contributed by atoms with van der Waals surface area (Å²) in [4.78, 5) is 0. The molecule has 0 radical (unpaired) electrons. The predicted octanol–water partition coefficient (Wildman–Crippen LogP) is 0.380. The Kier molecular flexibility index (Phi) is 5.15. The van der Waals surface area contributed by atoms with Crippen LogP contribution in [-0.2, 0) is 0 Å². The third-order valence-corrected chi connectivity index (χ3v) is 1.67. The first-order chi connectivity index (χ1) is 3.93. The van der Waals surface area contributed by atoms with Gasteiger partial charge in [-0.3, -0.25) is 0 Å². The standard InChI is InChI=1S/C6H14N2.ClH/c1-7-4-2-6-3-5-8-6;/h6-8H,2-5H2,1H3;1H/t6-;/m0./s1. The maximum Gasteiger partial charge on any atom is 0.00912 e. The van der Waals surface area contributed by atoms with Crippen molar-refractivity contribution in [1.29, 1.82) is 0 Å². The van der Waals surface area contributed by atoms with Gasteiger partial charge in [-0.1, -0.05) is 0 Å². The molecule has 1 heterocycles. The van der Waals surface area contributed by atoms with Crippen LogP contribution in [-0.4, -0.2) is 26.2 Å². The minimum absolute atomic E-state index is 0. The third kappa shape index (κ3) is 3.04. The van der Waals surface area contributed by atoms with Crippen molar-refractivity contribution in [1.82, 2.24) is 10.6 Å². The second kappa shape index (κ2) is 5.03. The Bertz CT molecular complexity index is 64.1. The molecule has 0 spiro atoms. The fraction of sp³-hybridized carbons (Fsp3) is 1.00. The van der Waals surface area contributed by atoms with Crippen molar-refractivity contribution in [3.63, 3.8) is 0 Å². The Labute approximate surface area is 62.8 Å². The molecule has 0 bridgehead atoms. The molecule has 0 amide bonds.